The van der Waals surface area contributed by atoms with Crippen LogP contribution in [-0.2, 0) is 11.2 Å². The smallest absolute Gasteiger partial charge is 0.188 e. The van der Waals surface area contributed by atoms with E-state index in [2.05, 4.69) is 24.9 Å². The fourth-order valence-electron chi connectivity index (χ4n) is 3.74. The van der Waals surface area contributed by atoms with Crippen LogP contribution in [0.5, 0.6) is 0 Å². The summed E-state index contributed by atoms with van der Waals surface area (Å²) in [5, 5.41) is 0.726. The molecule has 1 aromatic rings. The molecule has 3 nitrogen and oxygen atoms in total. The van der Waals surface area contributed by atoms with Gasteiger partial charge in [-0.1, -0.05) is 64.5 Å². The number of carbonyl (C=O) groups excluding carboxylic acids is 1. The van der Waals surface area contributed by atoms with E-state index in [1.807, 2.05) is 27.0 Å². The molecular formula is C22H30N2OS. The van der Waals surface area contributed by atoms with E-state index < -0.39 is 0 Å². The maximum absolute atomic E-state index is 12.2. The van der Waals surface area contributed by atoms with E-state index in [0.29, 0.717) is 11.7 Å². The van der Waals surface area contributed by atoms with Gasteiger partial charge in [-0.3, -0.25) is 4.79 Å². The second-order valence-corrected chi connectivity index (χ2v) is 9.53. The number of hydrogen-bond acceptors (Lipinski definition) is 4. The van der Waals surface area contributed by atoms with Crippen molar-refractivity contribution in [2.24, 2.45) is 11.3 Å². The molecule has 140 valence electrons. The van der Waals surface area contributed by atoms with E-state index in [1.165, 1.54) is 34.9 Å². The molecule has 0 radical (unpaired) electrons. The summed E-state index contributed by atoms with van der Waals surface area (Å²) in [5.74, 6) is 1.29. The first-order valence-electron chi connectivity index (χ1n) is 9.75. The van der Waals surface area contributed by atoms with E-state index in [1.54, 1.807) is 5.57 Å². The van der Waals surface area contributed by atoms with Crippen LogP contribution in [0.1, 0.15) is 71.6 Å². The highest BCUT2D eigenvalue weighted by atomic mass is 32.2. The van der Waals surface area contributed by atoms with Crippen molar-refractivity contribution in [1.29, 1.82) is 0 Å². The van der Waals surface area contributed by atoms with E-state index in [-0.39, 0.29) is 11.2 Å². The third-order valence-electron chi connectivity index (χ3n) is 5.19. The number of aryl methyl sites for hydroxylation is 1. The SMILES string of the molecule is CCCC1=C2C(=CC(C)C1)CCc1cnc(SCC(=O)C(C)(C)C)nc12. The number of thioether (sulfide) groups is 1. The van der Waals surface area contributed by atoms with E-state index in [9.17, 15) is 4.79 Å². The Hall–Kier alpha value is -1.42. The molecule has 0 saturated carbocycles. The third-order valence-corrected chi connectivity index (χ3v) is 6.05. The fraction of sp³-hybridized carbons (Fsp3) is 0.591. The van der Waals surface area contributed by atoms with Gasteiger partial charge < -0.3 is 0 Å². The van der Waals surface area contributed by atoms with Gasteiger partial charge in [0.1, 0.15) is 5.78 Å². The number of carbonyl (C=O) groups is 1. The van der Waals surface area contributed by atoms with Crippen molar-refractivity contribution in [2.75, 3.05) is 5.75 Å². The Labute approximate surface area is 161 Å². The lowest BCUT2D eigenvalue weighted by atomic mass is 9.76. The number of fused-ring (bicyclic) bond motifs is 3. The van der Waals surface area contributed by atoms with Crippen molar-refractivity contribution in [1.82, 2.24) is 9.97 Å². The van der Waals surface area contributed by atoms with Crippen LogP contribution in [0.4, 0.5) is 0 Å². The van der Waals surface area contributed by atoms with Crippen molar-refractivity contribution < 1.29 is 4.79 Å². The molecule has 0 bridgehead atoms. The van der Waals surface area contributed by atoms with E-state index in [0.717, 1.165) is 36.5 Å². The van der Waals surface area contributed by atoms with Crippen LogP contribution in [0.2, 0.25) is 0 Å². The largest absolute Gasteiger partial charge is 0.298 e. The number of allylic oxidation sites excluding steroid dienone is 4. The van der Waals surface area contributed by atoms with Gasteiger partial charge in [0.2, 0.25) is 0 Å². The number of Topliss-reactive ketones (excluding diaryl/α,β-unsaturated/α-hetero) is 1. The standard InChI is InChI=1S/C22H30N2OS/c1-6-7-15-10-14(2)11-16-8-9-17-12-23-21(24-20(17)19(15)16)26-13-18(25)22(3,4)5/h11-12,14H,6-10,13H2,1-5H3. The maximum Gasteiger partial charge on any atom is 0.188 e. The minimum Gasteiger partial charge on any atom is -0.298 e. The zero-order valence-electron chi connectivity index (χ0n) is 16.7. The zero-order chi connectivity index (χ0) is 18.9. The highest BCUT2D eigenvalue weighted by molar-refractivity contribution is 7.99. The molecule has 0 amide bonds. The third kappa shape index (κ3) is 4.11. The van der Waals surface area contributed by atoms with Crippen LogP contribution in [0.3, 0.4) is 0 Å². The van der Waals surface area contributed by atoms with Gasteiger partial charge in [0.15, 0.2) is 5.16 Å². The van der Waals surface area contributed by atoms with Gasteiger partial charge in [0.05, 0.1) is 11.4 Å². The topological polar surface area (TPSA) is 42.9 Å². The lowest BCUT2D eigenvalue weighted by Gasteiger charge is -2.30. The molecule has 4 heteroatoms. The first kappa shape index (κ1) is 19.3. The summed E-state index contributed by atoms with van der Waals surface area (Å²) in [5.41, 5.74) is 6.48. The Morgan fingerprint density at radius 3 is 2.77 bits per heavy atom. The van der Waals surface area contributed by atoms with Gasteiger partial charge in [0.25, 0.3) is 0 Å². The van der Waals surface area contributed by atoms with Gasteiger partial charge in [-0.05, 0) is 42.7 Å². The second kappa shape index (κ2) is 7.67. The summed E-state index contributed by atoms with van der Waals surface area (Å²) in [4.78, 5) is 21.7. The second-order valence-electron chi connectivity index (χ2n) is 8.59. The first-order chi connectivity index (χ1) is 12.3. The molecule has 1 aromatic heterocycles. The van der Waals surface area contributed by atoms with Crippen LogP contribution < -0.4 is 0 Å². The van der Waals surface area contributed by atoms with Crippen LogP contribution in [0.25, 0.3) is 5.57 Å². The van der Waals surface area contributed by atoms with Crippen LogP contribution in [-0.4, -0.2) is 21.5 Å². The zero-order valence-corrected chi connectivity index (χ0v) is 17.5. The number of nitrogens with zero attached hydrogens (tertiary/aromatic N) is 2. The number of ketones is 1. The quantitative estimate of drug-likeness (QED) is 0.496. The summed E-state index contributed by atoms with van der Waals surface area (Å²) in [6, 6.07) is 0. The molecule has 26 heavy (non-hydrogen) atoms. The molecule has 0 N–H and O–H groups in total. The van der Waals surface area contributed by atoms with Gasteiger partial charge in [-0.2, -0.15) is 0 Å². The summed E-state index contributed by atoms with van der Waals surface area (Å²) in [6.07, 6.45) is 9.99. The van der Waals surface area contributed by atoms with Crippen molar-refractivity contribution in [3.05, 3.63) is 34.7 Å². The summed E-state index contributed by atoms with van der Waals surface area (Å²) >= 11 is 1.47. The Morgan fingerprint density at radius 1 is 1.31 bits per heavy atom. The predicted octanol–water partition coefficient (Wildman–Crippen LogP) is 5.65. The molecule has 0 aliphatic heterocycles. The van der Waals surface area contributed by atoms with E-state index >= 15 is 0 Å². The molecule has 0 saturated heterocycles. The van der Waals surface area contributed by atoms with Crippen LogP contribution in [0, 0.1) is 11.3 Å². The number of aromatic nitrogens is 2. The average molecular weight is 371 g/mol. The van der Waals surface area contributed by atoms with Crippen molar-refractivity contribution in [3.63, 3.8) is 0 Å². The van der Waals surface area contributed by atoms with Crippen molar-refractivity contribution in [2.45, 2.75) is 71.9 Å². The molecule has 1 atom stereocenters. The molecular weight excluding hydrogens is 340 g/mol. The number of hydrogen-bond donors (Lipinski definition) is 0. The van der Waals surface area contributed by atoms with Crippen molar-refractivity contribution >= 4 is 23.1 Å². The lowest BCUT2D eigenvalue weighted by Crippen LogP contribution is -2.22. The molecule has 0 fully saturated rings. The van der Waals surface area contributed by atoms with Gasteiger partial charge in [-0.15, -0.1) is 0 Å². The maximum atomic E-state index is 12.2. The Kier molecular flexibility index (Phi) is 5.71. The molecule has 2 aliphatic carbocycles. The molecule has 0 spiro atoms. The summed E-state index contributed by atoms with van der Waals surface area (Å²) < 4.78 is 0. The average Bonchev–Trinajstić information content (AvgIpc) is 2.58. The van der Waals surface area contributed by atoms with Crippen LogP contribution >= 0.6 is 11.8 Å². The monoisotopic (exact) mass is 370 g/mol. The lowest BCUT2D eigenvalue weighted by molar-refractivity contribution is -0.123. The minimum absolute atomic E-state index is 0.238. The van der Waals surface area contributed by atoms with Gasteiger partial charge in [0, 0.05) is 17.2 Å². The summed E-state index contributed by atoms with van der Waals surface area (Å²) in [6.45, 7) is 10.5. The molecule has 1 heterocycles. The molecule has 1 unspecified atom stereocenters. The highest BCUT2D eigenvalue weighted by Gasteiger charge is 2.28. The predicted molar refractivity (Wildman–Crippen MR) is 109 cm³/mol. The first-order valence-corrected chi connectivity index (χ1v) is 10.7. The molecule has 2 aliphatic rings. The number of rotatable bonds is 5. The minimum atomic E-state index is -0.312. The Morgan fingerprint density at radius 2 is 2.08 bits per heavy atom. The Balaban J connectivity index is 1.91. The van der Waals surface area contributed by atoms with Gasteiger partial charge in [-0.25, -0.2) is 9.97 Å². The van der Waals surface area contributed by atoms with Crippen LogP contribution in [0.15, 0.2) is 28.6 Å². The Bertz CT molecular complexity index is 771. The fourth-order valence-corrected chi connectivity index (χ4v) is 4.71. The normalized spacial score (nSPS) is 19.7. The highest BCUT2D eigenvalue weighted by Crippen LogP contribution is 2.43. The van der Waals surface area contributed by atoms with E-state index in [4.69, 9.17) is 4.98 Å². The molecule has 0 aromatic carbocycles. The summed E-state index contributed by atoms with van der Waals surface area (Å²) in [7, 11) is 0. The van der Waals surface area contributed by atoms with Gasteiger partial charge >= 0.3 is 0 Å². The van der Waals surface area contributed by atoms with Crippen molar-refractivity contribution in [3.8, 4) is 0 Å². The molecule has 3 rings (SSSR count).